The molecule has 30 heavy (non-hydrogen) atoms. The molecule has 0 radical (unpaired) electrons. The fourth-order valence-corrected chi connectivity index (χ4v) is 4.00. The molecular formula is C20H23N5O5. The molecule has 5 rings (SSSR count). The number of anilines is 1. The van der Waals surface area contributed by atoms with Gasteiger partial charge in [0, 0.05) is 6.54 Å². The number of aliphatic hydroxyl groups excluding tert-OH is 1. The predicted molar refractivity (Wildman–Crippen MR) is 106 cm³/mol. The molecule has 158 valence electrons. The van der Waals surface area contributed by atoms with Crippen molar-refractivity contribution in [2.45, 2.75) is 50.7 Å². The summed E-state index contributed by atoms with van der Waals surface area (Å²) in [7, 11) is 0. The summed E-state index contributed by atoms with van der Waals surface area (Å²) < 4.78 is 19.8. The van der Waals surface area contributed by atoms with Crippen molar-refractivity contribution in [2.75, 3.05) is 11.9 Å². The zero-order valence-corrected chi connectivity index (χ0v) is 16.6. The number of benzene rings is 1. The number of aromatic hydroxyl groups is 1. The van der Waals surface area contributed by atoms with Crippen LogP contribution in [0.2, 0.25) is 0 Å². The largest absolute Gasteiger partial charge is 0.508 e. The average Bonchev–Trinajstić information content (AvgIpc) is 3.38. The van der Waals surface area contributed by atoms with Crippen LogP contribution in [-0.2, 0) is 20.8 Å². The molecule has 0 spiro atoms. The third-order valence-electron chi connectivity index (χ3n) is 5.33. The molecule has 2 unspecified atom stereocenters. The van der Waals surface area contributed by atoms with Gasteiger partial charge >= 0.3 is 0 Å². The summed E-state index contributed by atoms with van der Waals surface area (Å²) in [5.74, 6) is 0.0516. The average molecular weight is 413 g/mol. The lowest BCUT2D eigenvalue weighted by atomic mass is 10.1. The summed E-state index contributed by atoms with van der Waals surface area (Å²) >= 11 is 0. The van der Waals surface area contributed by atoms with Crippen LogP contribution in [0.4, 0.5) is 5.82 Å². The lowest BCUT2D eigenvalue weighted by Crippen LogP contribution is -2.31. The minimum Gasteiger partial charge on any atom is -0.508 e. The quantitative estimate of drug-likeness (QED) is 0.571. The molecule has 0 aliphatic carbocycles. The SMILES string of the molecule is CC1(C)OC2C(O1)[C@@H](CO)O[C@H]2n1cnc2c(NCc3ccc(O)cc3)ncnc21. The minimum atomic E-state index is -0.757. The van der Waals surface area contributed by atoms with Crippen molar-refractivity contribution >= 4 is 17.0 Å². The van der Waals surface area contributed by atoms with Crippen LogP contribution in [0.25, 0.3) is 11.2 Å². The fraction of sp³-hybridized carbons (Fsp3) is 0.450. The number of hydrogen-bond donors (Lipinski definition) is 3. The zero-order chi connectivity index (χ0) is 20.9. The van der Waals surface area contributed by atoms with Crippen molar-refractivity contribution in [3.8, 4) is 5.75 Å². The monoisotopic (exact) mass is 413 g/mol. The van der Waals surface area contributed by atoms with Crippen LogP contribution < -0.4 is 5.32 Å². The van der Waals surface area contributed by atoms with E-state index in [-0.39, 0.29) is 18.5 Å². The van der Waals surface area contributed by atoms with Gasteiger partial charge in [-0.1, -0.05) is 12.1 Å². The van der Waals surface area contributed by atoms with E-state index in [4.69, 9.17) is 14.2 Å². The van der Waals surface area contributed by atoms with Crippen molar-refractivity contribution < 1.29 is 24.4 Å². The van der Waals surface area contributed by atoms with Gasteiger partial charge in [-0.25, -0.2) is 15.0 Å². The number of phenols is 1. The van der Waals surface area contributed by atoms with Crippen LogP contribution in [-0.4, -0.2) is 60.4 Å². The lowest BCUT2D eigenvalue weighted by Gasteiger charge is -2.24. The highest BCUT2D eigenvalue weighted by atomic mass is 16.8. The highest BCUT2D eigenvalue weighted by molar-refractivity contribution is 5.82. The minimum absolute atomic E-state index is 0.168. The number of imidazole rings is 1. The normalized spacial score (nSPS) is 27.4. The van der Waals surface area contributed by atoms with Crippen LogP contribution in [0.3, 0.4) is 0 Å². The molecule has 10 heteroatoms. The number of fused-ring (bicyclic) bond motifs is 2. The number of nitrogens with zero attached hydrogens (tertiary/aromatic N) is 4. The van der Waals surface area contributed by atoms with E-state index in [9.17, 15) is 10.2 Å². The van der Waals surface area contributed by atoms with Crippen molar-refractivity contribution in [1.82, 2.24) is 19.5 Å². The topological polar surface area (TPSA) is 124 Å². The van der Waals surface area contributed by atoms with Gasteiger partial charge < -0.3 is 29.7 Å². The Hall–Kier alpha value is -2.79. The molecule has 3 aromatic rings. The number of rotatable bonds is 5. The molecule has 2 saturated heterocycles. The van der Waals surface area contributed by atoms with E-state index in [0.717, 1.165) is 5.56 Å². The van der Waals surface area contributed by atoms with Crippen LogP contribution in [0.15, 0.2) is 36.9 Å². The Balaban J connectivity index is 1.42. The van der Waals surface area contributed by atoms with E-state index in [2.05, 4.69) is 20.3 Å². The van der Waals surface area contributed by atoms with E-state index in [1.165, 1.54) is 6.33 Å². The van der Waals surface area contributed by atoms with Gasteiger partial charge in [0.25, 0.3) is 0 Å². The highest BCUT2D eigenvalue weighted by Crippen LogP contribution is 2.43. The van der Waals surface area contributed by atoms with E-state index in [0.29, 0.717) is 23.5 Å². The fourth-order valence-electron chi connectivity index (χ4n) is 4.00. The van der Waals surface area contributed by atoms with Gasteiger partial charge in [-0.2, -0.15) is 0 Å². The van der Waals surface area contributed by atoms with Crippen LogP contribution >= 0.6 is 0 Å². The molecule has 0 bridgehead atoms. The maximum atomic E-state index is 9.71. The van der Waals surface area contributed by atoms with Crippen molar-refractivity contribution in [2.24, 2.45) is 0 Å². The van der Waals surface area contributed by atoms with Gasteiger partial charge in [0.15, 0.2) is 29.0 Å². The Bertz CT molecular complexity index is 1050. The summed E-state index contributed by atoms with van der Waals surface area (Å²) in [6.07, 6.45) is 1.32. The molecular weight excluding hydrogens is 390 g/mol. The van der Waals surface area contributed by atoms with Gasteiger partial charge in [-0.15, -0.1) is 0 Å². The van der Waals surface area contributed by atoms with E-state index in [1.807, 2.05) is 26.0 Å². The third kappa shape index (κ3) is 3.27. The van der Waals surface area contributed by atoms with Crippen molar-refractivity contribution in [3.63, 3.8) is 0 Å². The molecule has 2 aromatic heterocycles. The van der Waals surface area contributed by atoms with Gasteiger partial charge in [0.05, 0.1) is 12.9 Å². The standard InChI is InChI=1S/C20H23N5O5/c1-20(2)29-15-13(8-26)28-19(16(15)30-20)25-10-24-14-17(22-9-23-18(14)25)21-7-11-3-5-12(27)6-4-11/h3-6,9-10,13,15-16,19,26-27H,7-8H2,1-2H3,(H,21,22,23)/t13-,15?,16?,19-/m1/s1. The second-order valence-corrected chi connectivity index (χ2v) is 7.88. The summed E-state index contributed by atoms with van der Waals surface area (Å²) in [6.45, 7) is 4.03. The summed E-state index contributed by atoms with van der Waals surface area (Å²) in [5.41, 5.74) is 2.18. The van der Waals surface area contributed by atoms with E-state index in [1.54, 1.807) is 23.0 Å². The van der Waals surface area contributed by atoms with Gasteiger partial charge in [0.2, 0.25) is 0 Å². The Morgan fingerprint density at radius 1 is 1.10 bits per heavy atom. The zero-order valence-electron chi connectivity index (χ0n) is 16.6. The molecule has 10 nitrogen and oxygen atoms in total. The van der Waals surface area contributed by atoms with Crippen molar-refractivity contribution in [3.05, 3.63) is 42.5 Å². The second-order valence-electron chi connectivity index (χ2n) is 7.88. The first-order chi connectivity index (χ1) is 14.4. The first-order valence-electron chi connectivity index (χ1n) is 9.76. The summed E-state index contributed by atoms with van der Waals surface area (Å²) in [5, 5.41) is 22.4. The molecule has 2 fully saturated rings. The van der Waals surface area contributed by atoms with Gasteiger partial charge in [0.1, 0.15) is 30.4 Å². The Kier molecular flexibility index (Phi) is 4.58. The highest BCUT2D eigenvalue weighted by Gasteiger charge is 2.55. The number of nitrogens with one attached hydrogen (secondary N) is 1. The summed E-state index contributed by atoms with van der Waals surface area (Å²) in [6, 6.07) is 6.94. The molecule has 0 saturated carbocycles. The first-order valence-corrected chi connectivity index (χ1v) is 9.76. The number of aliphatic hydroxyl groups is 1. The molecule has 2 aliphatic rings. The molecule has 4 atom stereocenters. The Morgan fingerprint density at radius 2 is 1.87 bits per heavy atom. The smallest absolute Gasteiger partial charge is 0.167 e. The van der Waals surface area contributed by atoms with Crippen LogP contribution in [0, 0.1) is 0 Å². The molecule has 1 aromatic carbocycles. The Morgan fingerprint density at radius 3 is 2.63 bits per heavy atom. The molecule has 4 heterocycles. The number of aromatic nitrogens is 4. The second kappa shape index (κ2) is 7.17. The van der Waals surface area contributed by atoms with Crippen LogP contribution in [0.1, 0.15) is 25.6 Å². The van der Waals surface area contributed by atoms with E-state index < -0.39 is 24.2 Å². The van der Waals surface area contributed by atoms with Crippen LogP contribution in [0.5, 0.6) is 5.75 Å². The number of ether oxygens (including phenoxy) is 3. The maximum absolute atomic E-state index is 9.71. The molecule has 0 amide bonds. The number of hydrogen-bond acceptors (Lipinski definition) is 9. The van der Waals surface area contributed by atoms with E-state index >= 15 is 0 Å². The summed E-state index contributed by atoms with van der Waals surface area (Å²) in [4.78, 5) is 13.2. The van der Waals surface area contributed by atoms with Crippen molar-refractivity contribution in [1.29, 1.82) is 0 Å². The molecule has 3 N–H and O–H groups in total. The first kappa shape index (κ1) is 19.2. The Labute approximate surface area is 172 Å². The van der Waals surface area contributed by atoms with Gasteiger partial charge in [-0.3, -0.25) is 4.57 Å². The maximum Gasteiger partial charge on any atom is 0.167 e. The van der Waals surface area contributed by atoms with Gasteiger partial charge in [-0.05, 0) is 31.5 Å². The third-order valence-corrected chi connectivity index (χ3v) is 5.33. The lowest BCUT2D eigenvalue weighted by molar-refractivity contribution is -0.199. The predicted octanol–water partition coefficient (Wildman–Crippen LogP) is 1.55. The molecule has 2 aliphatic heterocycles. The number of phenolic OH excluding ortho intramolecular Hbond substituents is 1.